The van der Waals surface area contributed by atoms with Crippen LogP contribution in [0.2, 0.25) is 0 Å². The van der Waals surface area contributed by atoms with Gasteiger partial charge in [0.2, 0.25) is 5.89 Å². The average molecular weight is 346 g/mol. The van der Waals surface area contributed by atoms with Gasteiger partial charge in [-0.3, -0.25) is 9.69 Å². The minimum atomic E-state index is -1.47. The fourth-order valence-electron chi connectivity index (χ4n) is 2.65. The van der Waals surface area contributed by atoms with Crippen molar-refractivity contribution >= 4 is 11.9 Å². The highest BCUT2D eigenvalue weighted by Crippen LogP contribution is 2.31. The van der Waals surface area contributed by atoms with Gasteiger partial charge in [-0.05, 0) is 13.0 Å². The van der Waals surface area contributed by atoms with Crippen LogP contribution >= 0.6 is 0 Å². The van der Waals surface area contributed by atoms with Crippen molar-refractivity contribution in [3.8, 4) is 0 Å². The van der Waals surface area contributed by atoms with E-state index in [2.05, 4.69) is 15.5 Å². The van der Waals surface area contributed by atoms with E-state index in [9.17, 15) is 14.0 Å². The predicted molar refractivity (Wildman–Crippen MR) is 85.8 cm³/mol. The monoisotopic (exact) mass is 346 g/mol. The Morgan fingerprint density at radius 3 is 2.56 bits per heavy atom. The Morgan fingerprint density at radius 1 is 1.28 bits per heavy atom. The van der Waals surface area contributed by atoms with Crippen LogP contribution in [-0.4, -0.2) is 27.0 Å². The van der Waals surface area contributed by atoms with E-state index in [0.717, 1.165) is 4.90 Å². The van der Waals surface area contributed by atoms with Crippen LogP contribution in [0.1, 0.15) is 45.0 Å². The van der Waals surface area contributed by atoms with E-state index in [1.165, 1.54) is 25.1 Å². The number of nitrogens with zero attached hydrogens (tertiary/aromatic N) is 3. The maximum absolute atomic E-state index is 14.1. The van der Waals surface area contributed by atoms with Crippen molar-refractivity contribution in [2.24, 2.45) is 0 Å². The summed E-state index contributed by atoms with van der Waals surface area (Å²) in [6.07, 6.45) is 0. The van der Waals surface area contributed by atoms with E-state index >= 15 is 0 Å². The van der Waals surface area contributed by atoms with Gasteiger partial charge in [-0.25, -0.2) is 9.18 Å². The summed E-state index contributed by atoms with van der Waals surface area (Å²) >= 11 is 0. The Balaban J connectivity index is 1.87. The molecular formula is C17H19FN4O3. The summed E-state index contributed by atoms with van der Waals surface area (Å²) in [6, 6.07) is 5.23. The van der Waals surface area contributed by atoms with Crippen LogP contribution in [0, 0.1) is 5.82 Å². The van der Waals surface area contributed by atoms with Crippen molar-refractivity contribution in [3.05, 3.63) is 47.4 Å². The molecule has 1 aromatic heterocycles. The highest BCUT2D eigenvalue weighted by atomic mass is 19.1. The van der Waals surface area contributed by atoms with E-state index < -0.39 is 23.3 Å². The number of hydrogen-bond acceptors (Lipinski definition) is 5. The highest BCUT2D eigenvalue weighted by molar-refractivity contribution is 6.07. The molecular weight excluding hydrogens is 327 g/mol. The van der Waals surface area contributed by atoms with Crippen molar-refractivity contribution < 1.29 is 18.5 Å². The van der Waals surface area contributed by atoms with Crippen LogP contribution in [0.15, 0.2) is 28.8 Å². The molecule has 1 aliphatic heterocycles. The SMILES string of the molecule is CC(C)(C)c1nc(CN2C(=O)N[C@](C)(c3ccccc3F)C2=O)no1. The molecule has 1 saturated heterocycles. The van der Waals surface area contributed by atoms with Gasteiger partial charge in [-0.2, -0.15) is 4.98 Å². The van der Waals surface area contributed by atoms with Crippen molar-refractivity contribution in [1.82, 2.24) is 20.4 Å². The van der Waals surface area contributed by atoms with Crippen LogP contribution < -0.4 is 5.32 Å². The molecule has 1 N–H and O–H groups in total. The average Bonchev–Trinajstić information content (AvgIpc) is 3.08. The number of rotatable bonds is 3. The number of aromatic nitrogens is 2. The lowest BCUT2D eigenvalue weighted by Gasteiger charge is -2.22. The van der Waals surface area contributed by atoms with Crippen LogP contribution in [0.5, 0.6) is 0 Å². The molecule has 1 atom stereocenters. The van der Waals surface area contributed by atoms with E-state index in [4.69, 9.17) is 4.52 Å². The van der Waals surface area contributed by atoms with Gasteiger partial charge in [-0.15, -0.1) is 0 Å². The lowest BCUT2D eigenvalue weighted by molar-refractivity contribution is -0.131. The molecule has 2 aromatic rings. The Hall–Kier alpha value is -2.77. The molecule has 0 bridgehead atoms. The van der Waals surface area contributed by atoms with Crippen LogP contribution in [0.3, 0.4) is 0 Å². The number of carbonyl (C=O) groups is 2. The molecule has 7 nitrogen and oxygen atoms in total. The number of halogens is 1. The summed E-state index contributed by atoms with van der Waals surface area (Å²) in [4.78, 5) is 30.3. The molecule has 0 spiro atoms. The summed E-state index contributed by atoms with van der Waals surface area (Å²) < 4.78 is 19.3. The molecule has 8 heteroatoms. The third-order valence-electron chi connectivity index (χ3n) is 4.10. The van der Waals surface area contributed by atoms with Gasteiger partial charge in [0.1, 0.15) is 11.4 Å². The Labute approximate surface area is 144 Å². The zero-order chi connectivity index (χ0) is 18.4. The van der Waals surface area contributed by atoms with E-state index in [1.807, 2.05) is 20.8 Å². The number of amides is 3. The molecule has 0 aliphatic carbocycles. The molecule has 3 rings (SSSR count). The van der Waals surface area contributed by atoms with Crippen molar-refractivity contribution in [2.75, 3.05) is 0 Å². The van der Waals surface area contributed by atoms with Crippen molar-refractivity contribution in [2.45, 2.75) is 45.2 Å². The number of nitrogens with one attached hydrogen (secondary N) is 1. The van der Waals surface area contributed by atoms with Gasteiger partial charge in [0.25, 0.3) is 5.91 Å². The minimum Gasteiger partial charge on any atom is -0.339 e. The highest BCUT2D eigenvalue weighted by Gasteiger charge is 2.50. The zero-order valence-corrected chi connectivity index (χ0v) is 14.5. The minimum absolute atomic E-state index is 0.111. The first kappa shape index (κ1) is 17.1. The third-order valence-corrected chi connectivity index (χ3v) is 4.10. The molecule has 132 valence electrons. The molecule has 3 amide bonds. The second kappa shape index (κ2) is 5.65. The van der Waals surface area contributed by atoms with Crippen LogP contribution in [0.4, 0.5) is 9.18 Å². The number of carbonyl (C=O) groups excluding carboxylic acids is 2. The van der Waals surface area contributed by atoms with Crippen LogP contribution in [-0.2, 0) is 22.3 Å². The predicted octanol–water partition coefficient (Wildman–Crippen LogP) is 2.47. The standard InChI is InChI=1S/C17H19FN4O3/c1-16(2,3)13-19-12(21-25-13)9-22-14(23)17(4,20-15(22)24)10-7-5-6-8-11(10)18/h5-8H,9H2,1-4H3,(H,20,24)/t17-/m1/s1. The number of imide groups is 1. The first-order valence-corrected chi connectivity index (χ1v) is 7.85. The third kappa shape index (κ3) is 2.88. The van der Waals surface area contributed by atoms with Gasteiger partial charge >= 0.3 is 6.03 Å². The van der Waals surface area contributed by atoms with Gasteiger partial charge in [0.15, 0.2) is 5.82 Å². The molecule has 1 aromatic carbocycles. The second-order valence-corrected chi connectivity index (χ2v) is 7.19. The van der Waals surface area contributed by atoms with Crippen molar-refractivity contribution in [1.29, 1.82) is 0 Å². The largest absolute Gasteiger partial charge is 0.339 e. The van der Waals surface area contributed by atoms with Gasteiger partial charge in [0, 0.05) is 11.0 Å². The van der Waals surface area contributed by atoms with Gasteiger partial charge < -0.3 is 9.84 Å². The van der Waals surface area contributed by atoms with E-state index in [-0.39, 0.29) is 23.3 Å². The second-order valence-electron chi connectivity index (χ2n) is 7.19. The lowest BCUT2D eigenvalue weighted by Crippen LogP contribution is -2.41. The molecule has 2 heterocycles. The molecule has 0 unspecified atom stereocenters. The molecule has 1 fully saturated rings. The maximum Gasteiger partial charge on any atom is 0.325 e. The van der Waals surface area contributed by atoms with Gasteiger partial charge in [0.05, 0.1) is 6.54 Å². The fraction of sp³-hybridized carbons (Fsp3) is 0.412. The first-order valence-electron chi connectivity index (χ1n) is 7.85. The Bertz CT molecular complexity index is 842. The van der Waals surface area contributed by atoms with E-state index in [1.54, 1.807) is 6.07 Å². The van der Waals surface area contributed by atoms with Gasteiger partial charge in [-0.1, -0.05) is 44.1 Å². The quantitative estimate of drug-likeness (QED) is 0.863. The number of hydrogen-bond donors (Lipinski definition) is 1. The zero-order valence-electron chi connectivity index (χ0n) is 14.5. The normalized spacial score (nSPS) is 20.9. The first-order chi connectivity index (χ1) is 11.6. The molecule has 0 radical (unpaired) electrons. The molecule has 25 heavy (non-hydrogen) atoms. The van der Waals surface area contributed by atoms with Crippen molar-refractivity contribution in [3.63, 3.8) is 0 Å². The summed E-state index contributed by atoms with van der Waals surface area (Å²) in [5.41, 5.74) is -1.71. The Kier molecular flexibility index (Phi) is 3.85. The summed E-state index contributed by atoms with van der Waals surface area (Å²) in [7, 11) is 0. The van der Waals surface area contributed by atoms with Crippen LogP contribution in [0.25, 0.3) is 0 Å². The number of benzene rings is 1. The number of urea groups is 1. The smallest absolute Gasteiger partial charge is 0.325 e. The molecule has 0 saturated carbocycles. The Morgan fingerprint density at radius 2 is 1.96 bits per heavy atom. The topological polar surface area (TPSA) is 88.3 Å². The summed E-state index contributed by atoms with van der Waals surface area (Å²) in [5, 5.41) is 6.37. The lowest BCUT2D eigenvalue weighted by atomic mass is 9.91. The summed E-state index contributed by atoms with van der Waals surface area (Å²) in [5.74, 6) is -0.502. The fourth-order valence-corrected chi connectivity index (χ4v) is 2.65. The van der Waals surface area contributed by atoms with E-state index in [0.29, 0.717) is 5.89 Å². The molecule has 1 aliphatic rings. The summed E-state index contributed by atoms with van der Waals surface area (Å²) in [6.45, 7) is 7.06. The maximum atomic E-state index is 14.1.